The molecular formula is C29H18ClN5O6. The van der Waals surface area contributed by atoms with Crippen molar-refractivity contribution in [2.75, 3.05) is 7.11 Å². The van der Waals surface area contributed by atoms with Gasteiger partial charge in [0.05, 0.1) is 39.6 Å². The van der Waals surface area contributed by atoms with Gasteiger partial charge in [0.25, 0.3) is 11.2 Å². The molecule has 0 fully saturated rings. The highest BCUT2D eigenvalue weighted by Gasteiger charge is 2.18. The number of fused-ring (bicyclic) bond motifs is 2. The Hall–Kier alpha value is -5.55. The summed E-state index contributed by atoms with van der Waals surface area (Å²) in [6.45, 7) is 0. The second-order valence-electron chi connectivity index (χ2n) is 8.70. The van der Waals surface area contributed by atoms with Gasteiger partial charge in [-0.1, -0.05) is 29.8 Å². The molecule has 0 aliphatic carbocycles. The number of halogens is 1. The fraction of sp³-hybridized carbons (Fsp3) is 0.0345. The van der Waals surface area contributed by atoms with E-state index in [4.69, 9.17) is 25.5 Å². The number of ether oxygens (including phenoxy) is 2. The summed E-state index contributed by atoms with van der Waals surface area (Å²) in [5.74, 6) is 1.59. The summed E-state index contributed by atoms with van der Waals surface area (Å²) in [5.41, 5.74) is 1.09. The van der Waals surface area contributed by atoms with Crippen LogP contribution >= 0.6 is 11.6 Å². The monoisotopic (exact) mass is 567 g/mol. The predicted octanol–water partition coefficient (Wildman–Crippen LogP) is 6.45. The van der Waals surface area contributed by atoms with Crippen LogP contribution in [-0.4, -0.2) is 32.9 Å². The molecular weight excluding hydrogens is 550 g/mol. The molecule has 0 atom stereocenters. The lowest BCUT2D eigenvalue weighted by molar-refractivity contribution is -0.385. The van der Waals surface area contributed by atoms with E-state index in [9.17, 15) is 14.9 Å². The lowest BCUT2D eigenvalue weighted by atomic mass is 10.2. The van der Waals surface area contributed by atoms with Crippen molar-refractivity contribution in [3.63, 3.8) is 0 Å². The van der Waals surface area contributed by atoms with Crippen LogP contribution in [0.5, 0.6) is 17.4 Å². The molecule has 12 heteroatoms. The molecule has 0 aliphatic rings. The van der Waals surface area contributed by atoms with Crippen LogP contribution in [0.25, 0.3) is 33.5 Å². The van der Waals surface area contributed by atoms with Gasteiger partial charge in [-0.2, -0.15) is 9.78 Å². The van der Waals surface area contributed by atoms with Crippen molar-refractivity contribution in [2.24, 2.45) is 5.10 Å². The van der Waals surface area contributed by atoms with E-state index < -0.39 is 4.92 Å². The van der Waals surface area contributed by atoms with E-state index in [1.807, 2.05) is 12.1 Å². The Bertz CT molecular complexity index is 2030. The van der Waals surface area contributed by atoms with Gasteiger partial charge in [-0.15, -0.1) is 0 Å². The number of pyridine rings is 1. The Labute approximate surface area is 236 Å². The average Bonchev–Trinajstić information content (AvgIpc) is 3.43. The minimum atomic E-state index is -0.551. The first kappa shape index (κ1) is 25.7. The minimum absolute atomic E-state index is 0.139. The smallest absolute Gasteiger partial charge is 0.287 e. The lowest BCUT2D eigenvalue weighted by Gasteiger charge is -2.08. The fourth-order valence-corrected chi connectivity index (χ4v) is 4.40. The molecule has 0 saturated heterocycles. The second kappa shape index (κ2) is 10.5. The average molecular weight is 568 g/mol. The third-order valence-corrected chi connectivity index (χ3v) is 6.44. The van der Waals surface area contributed by atoms with Crippen molar-refractivity contribution >= 4 is 45.4 Å². The summed E-state index contributed by atoms with van der Waals surface area (Å²) in [7, 11) is 1.57. The van der Waals surface area contributed by atoms with Crippen LogP contribution in [0.2, 0.25) is 5.02 Å². The third kappa shape index (κ3) is 4.97. The number of furan rings is 1. The number of benzene rings is 3. The first-order valence-corrected chi connectivity index (χ1v) is 12.5. The highest BCUT2D eigenvalue weighted by Crippen LogP contribution is 2.33. The lowest BCUT2D eigenvalue weighted by Crippen LogP contribution is -2.20. The van der Waals surface area contributed by atoms with Crippen molar-refractivity contribution in [3.8, 4) is 29.0 Å². The summed E-state index contributed by atoms with van der Waals surface area (Å²) in [6, 6.07) is 21.7. The van der Waals surface area contributed by atoms with E-state index in [-0.39, 0.29) is 33.7 Å². The van der Waals surface area contributed by atoms with Gasteiger partial charge in [-0.25, -0.2) is 9.97 Å². The number of nitro groups is 1. The van der Waals surface area contributed by atoms with Gasteiger partial charge >= 0.3 is 0 Å². The van der Waals surface area contributed by atoms with E-state index in [1.165, 1.54) is 23.0 Å². The standard InChI is InChI=1S/C29H18ClN5O6/c1-39-23-7-4-8-24-20(23)14-26(40-24)28-33-22-6-3-2-5-19(22)29(36)34(28)32-15-17-9-11-25(21(30)13-17)41-27-12-10-18(16-31-27)35(37)38/h2-16H,1H3. The van der Waals surface area contributed by atoms with Crippen LogP contribution in [0, 0.1) is 10.1 Å². The largest absolute Gasteiger partial charge is 0.496 e. The van der Waals surface area contributed by atoms with E-state index in [1.54, 1.807) is 61.7 Å². The Kier molecular flexibility index (Phi) is 6.62. The molecule has 3 heterocycles. The van der Waals surface area contributed by atoms with Gasteiger partial charge in [-0.05, 0) is 54.1 Å². The molecule has 3 aromatic heterocycles. The summed E-state index contributed by atoms with van der Waals surface area (Å²) in [6.07, 6.45) is 2.56. The van der Waals surface area contributed by atoms with Gasteiger partial charge in [0.2, 0.25) is 11.7 Å². The molecule has 6 aromatic rings. The SMILES string of the molecule is COc1cccc2oc(-c3nc4ccccc4c(=O)n3N=Cc3ccc(Oc4ccc([N+](=O)[O-])cn4)c(Cl)c3)cc12. The normalized spacial score (nSPS) is 11.4. The second-order valence-corrected chi connectivity index (χ2v) is 9.11. The Balaban J connectivity index is 1.37. The van der Waals surface area contributed by atoms with Crippen LogP contribution in [-0.2, 0) is 0 Å². The Morgan fingerprint density at radius 2 is 1.88 bits per heavy atom. The molecule has 0 unspecified atom stereocenters. The van der Waals surface area contributed by atoms with Crippen LogP contribution in [0.1, 0.15) is 5.56 Å². The van der Waals surface area contributed by atoms with Gasteiger partial charge in [0.1, 0.15) is 23.3 Å². The zero-order valence-corrected chi connectivity index (χ0v) is 22.0. The van der Waals surface area contributed by atoms with Crippen LogP contribution in [0.3, 0.4) is 0 Å². The maximum atomic E-state index is 13.5. The predicted molar refractivity (Wildman–Crippen MR) is 153 cm³/mol. The number of nitrogens with zero attached hydrogens (tertiary/aromatic N) is 5. The van der Waals surface area contributed by atoms with E-state index >= 15 is 0 Å². The summed E-state index contributed by atoms with van der Waals surface area (Å²) in [5, 5.41) is 16.6. The van der Waals surface area contributed by atoms with Gasteiger partial charge < -0.3 is 13.9 Å². The van der Waals surface area contributed by atoms with E-state index in [0.29, 0.717) is 33.6 Å². The molecule has 0 radical (unpaired) electrons. The highest BCUT2D eigenvalue weighted by molar-refractivity contribution is 6.32. The van der Waals surface area contributed by atoms with Crippen LogP contribution < -0.4 is 15.0 Å². The number of rotatable bonds is 7. The molecule has 41 heavy (non-hydrogen) atoms. The highest BCUT2D eigenvalue weighted by atomic mass is 35.5. The topological polar surface area (TPSA) is 135 Å². The maximum absolute atomic E-state index is 13.5. The first-order chi connectivity index (χ1) is 19.9. The van der Waals surface area contributed by atoms with Crippen molar-refractivity contribution < 1.29 is 18.8 Å². The molecule has 0 N–H and O–H groups in total. The van der Waals surface area contributed by atoms with Gasteiger partial charge in [-0.3, -0.25) is 14.9 Å². The van der Waals surface area contributed by atoms with Crippen molar-refractivity contribution in [1.29, 1.82) is 0 Å². The molecule has 3 aromatic carbocycles. The molecule has 11 nitrogen and oxygen atoms in total. The Morgan fingerprint density at radius 1 is 1.02 bits per heavy atom. The van der Waals surface area contributed by atoms with Crippen molar-refractivity contribution in [1.82, 2.24) is 14.6 Å². The number of para-hydroxylation sites is 1. The van der Waals surface area contributed by atoms with Gasteiger partial charge in [0, 0.05) is 12.1 Å². The third-order valence-electron chi connectivity index (χ3n) is 6.14. The molecule has 0 amide bonds. The summed E-state index contributed by atoms with van der Waals surface area (Å²) in [4.78, 5) is 32.4. The van der Waals surface area contributed by atoms with Crippen molar-refractivity contribution in [2.45, 2.75) is 0 Å². The van der Waals surface area contributed by atoms with Crippen molar-refractivity contribution in [3.05, 3.63) is 116 Å². The quantitative estimate of drug-likeness (QED) is 0.122. The molecule has 202 valence electrons. The van der Waals surface area contributed by atoms with Gasteiger partial charge in [0.15, 0.2) is 5.76 Å². The van der Waals surface area contributed by atoms with E-state index in [0.717, 1.165) is 11.6 Å². The fourth-order valence-electron chi connectivity index (χ4n) is 4.17. The Morgan fingerprint density at radius 3 is 2.63 bits per heavy atom. The molecule has 0 saturated carbocycles. The number of hydrogen-bond donors (Lipinski definition) is 0. The van der Waals surface area contributed by atoms with Crippen LogP contribution in [0.4, 0.5) is 5.69 Å². The zero-order chi connectivity index (χ0) is 28.5. The summed E-state index contributed by atoms with van der Waals surface area (Å²) >= 11 is 6.42. The zero-order valence-electron chi connectivity index (χ0n) is 21.2. The number of hydrogen-bond acceptors (Lipinski definition) is 9. The molecule has 0 bridgehead atoms. The van der Waals surface area contributed by atoms with Crippen LogP contribution in [0.15, 0.2) is 99.4 Å². The molecule has 0 aliphatic heterocycles. The van der Waals surface area contributed by atoms with E-state index in [2.05, 4.69) is 15.1 Å². The summed E-state index contributed by atoms with van der Waals surface area (Å²) < 4.78 is 18.3. The minimum Gasteiger partial charge on any atom is -0.496 e. The molecule has 0 spiro atoms. The first-order valence-electron chi connectivity index (χ1n) is 12.1. The number of aromatic nitrogens is 3. The maximum Gasteiger partial charge on any atom is 0.287 e. The number of methoxy groups -OCH3 is 1. The molecule has 6 rings (SSSR count).